The SMILES string of the molecule is COc1ccc(CN(Cc2nccn2C)C(C)C)cc1OCC(O)CN1CCN(C)CC1. The van der Waals surface area contributed by atoms with E-state index in [1.165, 1.54) is 0 Å². The van der Waals surface area contributed by atoms with Gasteiger partial charge in [-0.15, -0.1) is 0 Å². The highest BCUT2D eigenvalue weighted by Gasteiger charge is 2.19. The second-order valence-corrected chi connectivity index (χ2v) is 9.01. The lowest BCUT2D eigenvalue weighted by molar-refractivity contribution is 0.0497. The van der Waals surface area contributed by atoms with Gasteiger partial charge >= 0.3 is 0 Å². The van der Waals surface area contributed by atoms with Crippen molar-refractivity contribution in [1.82, 2.24) is 24.3 Å². The lowest BCUT2D eigenvalue weighted by Gasteiger charge is -2.33. The van der Waals surface area contributed by atoms with Crippen molar-refractivity contribution >= 4 is 0 Å². The van der Waals surface area contributed by atoms with Crippen molar-refractivity contribution in [3.8, 4) is 11.5 Å². The summed E-state index contributed by atoms with van der Waals surface area (Å²) in [5, 5.41) is 10.5. The number of hydrogen-bond acceptors (Lipinski definition) is 7. The largest absolute Gasteiger partial charge is 0.493 e. The van der Waals surface area contributed by atoms with Crippen LogP contribution in [0.3, 0.4) is 0 Å². The van der Waals surface area contributed by atoms with Crippen molar-refractivity contribution in [3.63, 3.8) is 0 Å². The molecule has 0 spiro atoms. The number of aryl methyl sites for hydroxylation is 1. The number of aliphatic hydroxyl groups is 1. The molecule has 1 fully saturated rings. The molecule has 0 radical (unpaired) electrons. The van der Waals surface area contributed by atoms with Gasteiger partial charge in [0.2, 0.25) is 0 Å². The number of ether oxygens (including phenoxy) is 2. The minimum absolute atomic E-state index is 0.243. The van der Waals surface area contributed by atoms with E-state index in [-0.39, 0.29) is 6.61 Å². The third-order valence-electron chi connectivity index (χ3n) is 6.11. The fourth-order valence-corrected chi connectivity index (χ4v) is 3.89. The summed E-state index contributed by atoms with van der Waals surface area (Å²) in [5.41, 5.74) is 1.14. The van der Waals surface area contributed by atoms with Gasteiger partial charge < -0.3 is 24.0 Å². The first-order valence-corrected chi connectivity index (χ1v) is 11.4. The molecule has 0 amide bonds. The first kappa shape index (κ1) is 24.5. The van der Waals surface area contributed by atoms with Crippen LogP contribution >= 0.6 is 0 Å². The van der Waals surface area contributed by atoms with Crippen LogP contribution in [0.1, 0.15) is 25.2 Å². The van der Waals surface area contributed by atoms with Crippen LogP contribution in [0, 0.1) is 0 Å². The maximum Gasteiger partial charge on any atom is 0.161 e. The molecule has 2 heterocycles. The van der Waals surface area contributed by atoms with Crippen LogP contribution < -0.4 is 9.47 Å². The third-order valence-corrected chi connectivity index (χ3v) is 6.11. The van der Waals surface area contributed by atoms with Crippen molar-refractivity contribution in [2.45, 2.75) is 39.1 Å². The molecular formula is C24H39N5O3. The van der Waals surface area contributed by atoms with Gasteiger partial charge in [-0.25, -0.2) is 4.98 Å². The molecule has 8 nitrogen and oxygen atoms in total. The van der Waals surface area contributed by atoms with Gasteiger partial charge in [-0.1, -0.05) is 6.07 Å². The maximum absolute atomic E-state index is 10.5. The number of nitrogens with zero attached hydrogens (tertiary/aromatic N) is 5. The number of hydrogen-bond donors (Lipinski definition) is 1. The Balaban J connectivity index is 1.60. The van der Waals surface area contributed by atoms with Gasteiger partial charge in [0, 0.05) is 64.8 Å². The highest BCUT2D eigenvalue weighted by molar-refractivity contribution is 5.43. The van der Waals surface area contributed by atoms with E-state index in [4.69, 9.17) is 9.47 Å². The summed E-state index contributed by atoms with van der Waals surface area (Å²) in [6.45, 7) is 10.8. The molecule has 8 heteroatoms. The van der Waals surface area contributed by atoms with Crippen molar-refractivity contribution in [1.29, 1.82) is 0 Å². The number of methoxy groups -OCH3 is 1. The zero-order chi connectivity index (χ0) is 23.1. The number of imidazole rings is 1. The fourth-order valence-electron chi connectivity index (χ4n) is 3.89. The van der Waals surface area contributed by atoms with E-state index in [9.17, 15) is 5.11 Å². The Morgan fingerprint density at radius 1 is 1.09 bits per heavy atom. The van der Waals surface area contributed by atoms with Crippen LogP contribution in [0.4, 0.5) is 0 Å². The highest BCUT2D eigenvalue weighted by atomic mass is 16.5. The van der Waals surface area contributed by atoms with E-state index in [1.807, 2.05) is 31.6 Å². The molecule has 1 N–H and O–H groups in total. The molecule has 1 aliphatic heterocycles. The maximum atomic E-state index is 10.5. The Labute approximate surface area is 192 Å². The number of rotatable bonds is 11. The van der Waals surface area contributed by atoms with Crippen molar-refractivity contribution in [3.05, 3.63) is 42.0 Å². The van der Waals surface area contributed by atoms with Crippen molar-refractivity contribution in [2.75, 3.05) is 53.5 Å². The van der Waals surface area contributed by atoms with Crippen LogP contribution in [0.5, 0.6) is 11.5 Å². The van der Waals surface area contributed by atoms with E-state index < -0.39 is 6.10 Å². The molecule has 178 valence electrons. The summed E-state index contributed by atoms with van der Waals surface area (Å²) < 4.78 is 13.6. The van der Waals surface area contributed by atoms with Crippen LogP contribution in [0.25, 0.3) is 0 Å². The Morgan fingerprint density at radius 3 is 2.47 bits per heavy atom. The topological polar surface area (TPSA) is 66.2 Å². The number of aliphatic hydroxyl groups excluding tert-OH is 1. The minimum atomic E-state index is -0.539. The van der Waals surface area contributed by atoms with Gasteiger partial charge in [0.1, 0.15) is 18.5 Å². The fraction of sp³-hybridized carbons (Fsp3) is 0.625. The normalized spacial score (nSPS) is 16.6. The van der Waals surface area contributed by atoms with Crippen LogP contribution in [0.15, 0.2) is 30.6 Å². The molecule has 3 rings (SSSR count). The second kappa shape index (κ2) is 11.7. The minimum Gasteiger partial charge on any atom is -0.493 e. The molecule has 1 aliphatic rings. The van der Waals surface area contributed by atoms with Gasteiger partial charge in [-0.2, -0.15) is 0 Å². The van der Waals surface area contributed by atoms with E-state index in [1.54, 1.807) is 7.11 Å². The first-order valence-electron chi connectivity index (χ1n) is 11.4. The molecule has 2 aromatic rings. The molecule has 1 saturated heterocycles. The molecule has 0 saturated carbocycles. The number of benzene rings is 1. The second-order valence-electron chi connectivity index (χ2n) is 9.01. The average Bonchev–Trinajstić information content (AvgIpc) is 3.18. The van der Waals surface area contributed by atoms with Crippen LogP contribution in [-0.4, -0.2) is 95.0 Å². The van der Waals surface area contributed by atoms with E-state index in [0.717, 1.165) is 50.7 Å². The summed E-state index contributed by atoms with van der Waals surface area (Å²) in [4.78, 5) is 11.4. The van der Waals surface area contributed by atoms with Gasteiger partial charge in [0.05, 0.1) is 13.7 Å². The number of piperazine rings is 1. The molecule has 1 aromatic heterocycles. The summed E-state index contributed by atoms with van der Waals surface area (Å²) in [6, 6.07) is 6.40. The predicted octanol–water partition coefficient (Wildman–Crippen LogP) is 1.83. The summed E-state index contributed by atoms with van der Waals surface area (Å²) in [7, 11) is 5.80. The van der Waals surface area contributed by atoms with Crippen molar-refractivity contribution < 1.29 is 14.6 Å². The Bertz CT molecular complexity index is 833. The first-order chi connectivity index (χ1) is 15.4. The van der Waals surface area contributed by atoms with Crippen LogP contribution in [0.2, 0.25) is 0 Å². The summed E-state index contributed by atoms with van der Waals surface area (Å²) >= 11 is 0. The van der Waals surface area contributed by atoms with Crippen LogP contribution in [-0.2, 0) is 20.1 Å². The molecule has 0 bridgehead atoms. The summed E-state index contributed by atoms with van der Waals surface area (Å²) in [6.07, 6.45) is 3.27. The Kier molecular flexibility index (Phi) is 8.92. The Morgan fingerprint density at radius 2 is 1.84 bits per heavy atom. The smallest absolute Gasteiger partial charge is 0.161 e. The molecule has 0 aliphatic carbocycles. The lowest BCUT2D eigenvalue weighted by atomic mass is 10.1. The monoisotopic (exact) mass is 445 g/mol. The Hall–Kier alpha value is -2.13. The predicted molar refractivity (Wildman–Crippen MR) is 126 cm³/mol. The third kappa shape index (κ3) is 6.93. The zero-order valence-electron chi connectivity index (χ0n) is 20.2. The molecular weight excluding hydrogens is 406 g/mol. The quantitative estimate of drug-likeness (QED) is 0.566. The van der Waals surface area contributed by atoms with E-state index in [2.05, 4.69) is 51.2 Å². The summed E-state index contributed by atoms with van der Waals surface area (Å²) in [5.74, 6) is 2.39. The molecule has 1 aromatic carbocycles. The number of likely N-dealkylation sites (N-methyl/N-ethyl adjacent to an activating group) is 1. The zero-order valence-corrected chi connectivity index (χ0v) is 20.2. The van der Waals surface area contributed by atoms with E-state index in [0.29, 0.717) is 24.1 Å². The number of β-amino-alcohol motifs (C(OH)–C–C–N with tert-alkyl or cyclic N) is 1. The molecule has 32 heavy (non-hydrogen) atoms. The van der Waals surface area contributed by atoms with Gasteiger partial charge in [0.15, 0.2) is 11.5 Å². The van der Waals surface area contributed by atoms with Gasteiger partial charge in [-0.05, 0) is 38.6 Å². The van der Waals surface area contributed by atoms with Gasteiger partial charge in [-0.3, -0.25) is 9.80 Å². The number of aromatic nitrogens is 2. The highest BCUT2D eigenvalue weighted by Crippen LogP contribution is 2.29. The van der Waals surface area contributed by atoms with Gasteiger partial charge in [0.25, 0.3) is 0 Å². The molecule has 1 unspecified atom stereocenters. The lowest BCUT2D eigenvalue weighted by Crippen LogP contribution is -2.47. The average molecular weight is 446 g/mol. The van der Waals surface area contributed by atoms with Crippen molar-refractivity contribution in [2.24, 2.45) is 7.05 Å². The van der Waals surface area contributed by atoms with E-state index >= 15 is 0 Å². The molecule has 1 atom stereocenters. The standard InChI is InChI=1S/C24H39N5O3/c1-19(2)29(17-24-25-8-9-27(24)4)15-20-6-7-22(31-5)23(14-20)32-18-21(30)16-28-12-10-26(3)11-13-28/h6-9,14,19,21,30H,10-13,15-18H2,1-5H3.